The van der Waals surface area contributed by atoms with Crippen LogP contribution in [0.1, 0.15) is 43.6 Å². The molecule has 2 rings (SSSR count). The molecule has 0 bridgehead atoms. The molecular formula is C18H27Cl2N5O. The molecule has 1 heterocycles. The fourth-order valence-electron chi connectivity index (χ4n) is 2.59. The first-order valence-electron chi connectivity index (χ1n) is 8.45. The smallest absolute Gasteiger partial charge is 0.293 e. The van der Waals surface area contributed by atoms with Crippen LogP contribution in [-0.4, -0.2) is 45.7 Å². The number of carbonyl (C=O) groups excluding carboxylic acids is 1. The van der Waals surface area contributed by atoms with Crippen molar-refractivity contribution in [3.63, 3.8) is 0 Å². The summed E-state index contributed by atoms with van der Waals surface area (Å²) in [6.07, 6.45) is 1.61. The molecule has 0 spiro atoms. The molecule has 1 amide bonds. The fourth-order valence-corrected chi connectivity index (χ4v) is 2.80. The maximum atomic E-state index is 12.7. The van der Waals surface area contributed by atoms with Crippen LogP contribution in [-0.2, 0) is 6.42 Å². The van der Waals surface area contributed by atoms with Gasteiger partial charge in [0, 0.05) is 20.0 Å². The molecule has 1 aromatic heterocycles. The summed E-state index contributed by atoms with van der Waals surface area (Å²) in [7, 11) is 1.75. The van der Waals surface area contributed by atoms with Crippen molar-refractivity contribution < 1.29 is 4.79 Å². The Morgan fingerprint density at radius 2 is 2.00 bits per heavy atom. The van der Waals surface area contributed by atoms with Crippen LogP contribution in [0, 0.1) is 5.41 Å². The number of nitrogens with two attached hydrogens (primary N) is 1. The van der Waals surface area contributed by atoms with Gasteiger partial charge in [0.25, 0.3) is 5.91 Å². The molecule has 144 valence electrons. The van der Waals surface area contributed by atoms with E-state index in [-0.39, 0.29) is 29.6 Å². The van der Waals surface area contributed by atoms with E-state index >= 15 is 0 Å². The molecule has 0 aliphatic carbocycles. The number of benzene rings is 1. The van der Waals surface area contributed by atoms with Crippen LogP contribution >= 0.6 is 24.0 Å². The molecular weight excluding hydrogens is 373 g/mol. The summed E-state index contributed by atoms with van der Waals surface area (Å²) in [5, 5.41) is 5.01. The number of carbonyl (C=O) groups is 1. The van der Waals surface area contributed by atoms with Gasteiger partial charge in [-0.15, -0.1) is 17.5 Å². The van der Waals surface area contributed by atoms with Crippen LogP contribution in [0.2, 0.25) is 5.02 Å². The Bertz CT molecular complexity index is 745. The summed E-state index contributed by atoms with van der Waals surface area (Å²) in [6, 6.07) is 7.41. The molecule has 6 nitrogen and oxygen atoms in total. The summed E-state index contributed by atoms with van der Waals surface area (Å²) in [6.45, 7) is 7.13. The molecule has 1 aromatic carbocycles. The second-order valence-corrected chi connectivity index (χ2v) is 7.40. The van der Waals surface area contributed by atoms with Gasteiger partial charge in [-0.1, -0.05) is 44.5 Å². The van der Waals surface area contributed by atoms with Crippen molar-refractivity contribution in [2.45, 2.75) is 33.6 Å². The third-order valence-electron chi connectivity index (χ3n) is 3.98. The standard InChI is InChI=1S/C18H26ClN5O.ClH/c1-5-8-15-21-16(17(25)23(4)12-18(2,3)11-20)22-24(15)14-10-7-6-9-13(14)19;/h6-7,9-10H,5,8,11-12,20H2,1-4H3;1H. The summed E-state index contributed by atoms with van der Waals surface area (Å²) >= 11 is 6.29. The van der Waals surface area contributed by atoms with Gasteiger partial charge in [-0.2, -0.15) is 0 Å². The van der Waals surface area contributed by atoms with Gasteiger partial charge in [0.05, 0.1) is 10.7 Å². The van der Waals surface area contributed by atoms with E-state index < -0.39 is 0 Å². The number of aryl methyl sites for hydroxylation is 1. The Morgan fingerprint density at radius 1 is 1.35 bits per heavy atom. The lowest BCUT2D eigenvalue weighted by Crippen LogP contribution is -2.40. The Morgan fingerprint density at radius 3 is 2.58 bits per heavy atom. The SMILES string of the molecule is CCCc1nc(C(=O)N(C)CC(C)(C)CN)nn1-c1ccccc1Cl.Cl. The molecule has 0 saturated heterocycles. The van der Waals surface area contributed by atoms with Gasteiger partial charge in [-0.25, -0.2) is 9.67 Å². The number of amides is 1. The highest BCUT2D eigenvalue weighted by Crippen LogP contribution is 2.22. The maximum Gasteiger partial charge on any atom is 0.293 e. The van der Waals surface area contributed by atoms with E-state index in [1.807, 2.05) is 32.0 Å². The molecule has 0 aliphatic rings. The van der Waals surface area contributed by atoms with E-state index in [9.17, 15) is 4.79 Å². The van der Waals surface area contributed by atoms with E-state index in [2.05, 4.69) is 17.0 Å². The Balaban J connectivity index is 0.00000338. The Kier molecular flexibility index (Phi) is 8.06. The molecule has 0 aliphatic heterocycles. The molecule has 0 radical (unpaired) electrons. The van der Waals surface area contributed by atoms with Gasteiger partial charge in [-0.3, -0.25) is 4.79 Å². The second-order valence-electron chi connectivity index (χ2n) is 6.99. The first-order valence-corrected chi connectivity index (χ1v) is 8.83. The summed E-state index contributed by atoms with van der Waals surface area (Å²) in [4.78, 5) is 18.8. The summed E-state index contributed by atoms with van der Waals surface area (Å²) < 4.78 is 1.67. The quantitative estimate of drug-likeness (QED) is 0.773. The number of rotatable bonds is 7. The number of nitrogens with zero attached hydrogens (tertiary/aromatic N) is 4. The topological polar surface area (TPSA) is 77.0 Å². The first kappa shape index (κ1) is 22.4. The monoisotopic (exact) mass is 399 g/mol. The fraction of sp³-hybridized carbons (Fsp3) is 0.500. The predicted octanol–water partition coefficient (Wildman–Crippen LogP) is 3.35. The second kappa shape index (κ2) is 9.35. The van der Waals surface area contributed by atoms with Gasteiger partial charge < -0.3 is 10.6 Å². The van der Waals surface area contributed by atoms with Crippen molar-refractivity contribution in [2.75, 3.05) is 20.1 Å². The molecule has 0 fully saturated rings. The normalized spacial score (nSPS) is 11.2. The van der Waals surface area contributed by atoms with Crippen LogP contribution in [0.3, 0.4) is 0 Å². The third kappa shape index (κ3) is 5.19. The average molecular weight is 400 g/mol. The number of aromatic nitrogens is 3. The number of para-hydroxylation sites is 1. The maximum absolute atomic E-state index is 12.7. The third-order valence-corrected chi connectivity index (χ3v) is 4.30. The van der Waals surface area contributed by atoms with Gasteiger partial charge in [0.1, 0.15) is 5.82 Å². The van der Waals surface area contributed by atoms with Crippen LogP contribution < -0.4 is 5.73 Å². The van der Waals surface area contributed by atoms with Crippen molar-refractivity contribution in [3.8, 4) is 5.69 Å². The zero-order valence-electron chi connectivity index (χ0n) is 15.7. The molecule has 8 heteroatoms. The van der Waals surface area contributed by atoms with Crippen LogP contribution in [0.5, 0.6) is 0 Å². The molecule has 2 N–H and O–H groups in total. The van der Waals surface area contributed by atoms with Crippen LogP contribution in [0.25, 0.3) is 5.69 Å². The van der Waals surface area contributed by atoms with E-state index in [1.165, 1.54) is 0 Å². The van der Waals surface area contributed by atoms with E-state index in [0.29, 0.717) is 24.5 Å². The lowest BCUT2D eigenvalue weighted by atomic mass is 9.93. The lowest BCUT2D eigenvalue weighted by Gasteiger charge is -2.28. The van der Waals surface area contributed by atoms with E-state index in [1.54, 1.807) is 22.7 Å². The molecule has 2 aromatic rings. The Labute approximate surface area is 166 Å². The van der Waals surface area contributed by atoms with Gasteiger partial charge >= 0.3 is 0 Å². The van der Waals surface area contributed by atoms with Crippen molar-refractivity contribution in [2.24, 2.45) is 11.1 Å². The molecule has 26 heavy (non-hydrogen) atoms. The first-order chi connectivity index (χ1) is 11.8. The molecule has 0 saturated carbocycles. The zero-order valence-corrected chi connectivity index (χ0v) is 17.3. The van der Waals surface area contributed by atoms with Gasteiger partial charge in [0.2, 0.25) is 5.82 Å². The highest BCUT2D eigenvalue weighted by molar-refractivity contribution is 6.32. The minimum atomic E-state index is -0.218. The van der Waals surface area contributed by atoms with Crippen molar-refractivity contribution in [1.29, 1.82) is 0 Å². The zero-order chi connectivity index (χ0) is 18.6. The van der Waals surface area contributed by atoms with Crippen LogP contribution in [0.4, 0.5) is 0 Å². The minimum Gasteiger partial charge on any atom is -0.338 e. The summed E-state index contributed by atoms with van der Waals surface area (Å²) in [5.41, 5.74) is 6.33. The predicted molar refractivity (Wildman–Crippen MR) is 107 cm³/mol. The van der Waals surface area contributed by atoms with Crippen LogP contribution in [0.15, 0.2) is 24.3 Å². The largest absolute Gasteiger partial charge is 0.338 e. The summed E-state index contributed by atoms with van der Waals surface area (Å²) in [5.74, 6) is 0.689. The number of halogens is 2. The number of hydrogen-bond donors (Lipinski definition) is 1. The number of hydrogen-bond acceptors (Lipinski definition) is 4. The Hall–Kier alpha value is -1.63. The van der Waals surface area contributed by atoms with E-state index in [4.69, 9.17) is 17.3 Å². The highest BCUT2D eigenvalue weighted by Gasteiger charge is 2.25. The van der Waals surface area contributed by atoms with E-state index in [0.717, 1.165) is 17.9 Å². The van der Waals surface area contributed by atoms with Crippen molar-refractivity contribution in [3.05, 3.63) is 40.9 Å². The van der Waals surface area contributed by atoms with Crippen molar-refractivity contribution >= 4 is 29.9 Å². The van der Waals surface area contributed by atoms with Gasteiger partial charge in [-0.05, 0) is 30.5 Å². The highest BCUT2D eigenvalue weighted by atomic mass is 35.5. The molecule has 0 atom stereocenters. The minimum absolute atomic E-state index is 0. The lowest BCUT2D eigenvalue weighted by molar-refractivity contribution is 0.0728. The van der Waals surface area contributed by atoms with Crippen molar-refractivity contribution in [1.82, 2.24) is 19.7 Å². The molecule has 0 unspecified atom stereocenters. The average Bonchev–Trinajstić information content (AvgIpc) is 2.98. The van der Waals surface area contributed by atoms with Gasteiger partial charge in [0.15, 0.2) is 0 Å².